The molecule has 25 heavy (non-hydrogen) atoms. The van der Waals surface area contributed by atoms with Crippen molar-refractivity contribution in [2.45, 2.75) is 0 Å². The molecule has 3 rings (SSSR count). The number of benzene rings is 2. The number of anilines is 3. The van der Waals surface area contributed by atoms with Crippen LogP contribution in [-0.4, -0.2) is 15.9 Å². The van der Waals surface area contributed by atoms with Gasteiger partial charge in [-0.2, -0.15) is 0 Å². The molecule has 126 valence electrons. The van der Waals surface area contributed by atoms with Crippen LogP contribution >= 0.6 is 23.2 Å². The lowest BCUT2D eigenvalue weighted by atomic mass is 10.3. The highest BCUT2D eigenvalue weighted by Gasteiger charge is 2.10. The summed E-state index contributed by atoms with van der Waals surface area (Å²) in [4.78, 5) is 20.3. The first kappa shape index (κ1) is 17.1. The Morgan fingerprint density at radius 3 is 2.52 bits per heavy atom. The molecule has 5 nitrogen and oxygen atoms in total. The van der Waals surface area contributed by atoms with E-state index in [2.05, 4.69) is 20.6 Å². The zero-order valence-electron chi connectivity index (χ0n) is 12.6. The van der Waals surface area contributed by atoms with Gasteiger partial charge in [-0.05, 0) is 36.4 Å². The van der Waals surface area contributed by atoms with Crippen molar-refractivity contribution in [2.75, 3.05) is 10.6 Å². The number of amides is 1. The van der Waals surface area contributed by atoms with Crippen LogP contribution in [0.1, 0.15) is 10.5 Å². The van der Waals surface area contributed by atoms with Crippen LogP contribution in [0.15, 0.2) is 54.9 Å². The average Bonchev–Trinajstić information content (AvgIpc) is 2.59. The third-order valence-corrected chi connectivity index (χ3v) is 3.68. The maximum atomic E-state index is 13.1. The van der Waals surface area contributed by atoms with Crippen molar-refractivity contribution in [1.29, 1.82) is 0 Å². The minimum Gasteiger partial charge on any atom is -0.339 e. The number of carbonyl (C=O) groups is 1. The summed E-state index contributed by atoms with van der Waals surface area (Å²) in [6, 6.07) is 11.0. The molecule has 2 N–H and O–H groups in total. The van der Waals surface area contributed by atoms with Gasteiger partial charge in [-0.15, -0.1) is 0 Å². The first-order chi connectivity index (χ1) is 12.0. The SMILES string of the molecule is O=C(Nc1ccc(F)c(Cl)c1)c1cnc(Nc2cccc(Cl)c2)cn1. The number of hydrogen-bond donors (Lipinski definition) is 2. The molecule has 3 aromatic rings. The van der Waals surface area contributed by atoms with E-state index in [-0.39, 0.29) is 10.7 Å². The van der Waals surface area contributed by atoms with Crippen molar-refractivity contribution in [3.05, 3.63) is 76.4 Å². The molecule has 0 fully saturated rings. The molecule has 0 unspecified atom stereocenters. The number of halogens is 3. The predicted octanol–water partition coefficient (Wildman–Crippen LogP) is 4.92. The fourth-order valence-electron chi connectivity index (χ4n) is 1.99. The third kappa shape index (κ3) is 4.43. The highest BCUT2D eigenvalue weighted by molar-refractivity contribution is 6.31. The standard InChI is InChI=1S/C17H11Cl2FN4O/c18-10-2-1-3-11(6-10)23-16-9-21-15(8-22-16)17(25)24-12-4-5-14(20)13(19)7-12/h1-9H,(H,22,23)(H,24,25). The van der Waals surface area contributed by atoms with E-state index in [0.29, 0.717) is 16.5 Å². The molecule has 0 aliphatic rings. The van der Waals surface area contributed by atoms with E-state index >= 15 is 0 Å². The number of rotatable bonds is 4. The van der Waals surface area contributed by atoms with Crippen molar-refractivity contribution in [1.82, 2.24) is 9.97 Å². The maximum absolute atomic E-state index is 13.1. The third-order valence-electron chi connectivity index (χ3n) is 3.16. The summed E-state index contributed by atoms with van der Waals surface area (Å²) in [5.41, 5.74) is 1.22. The highest BCUT2D eigenvalue weighted by Crippen LogP contribution is 2.20. The van der Waals surface area contributed by atoms with E-state index in [4.69, 9.17) is 23.2 Å². The smallest absolute Gasteiger partial charge is 0.275 e. The summed E-state index contributed by atoms with van der Waals surface area (Å²) >= 11 is 11.6. The van der Waals surface area contributed by atoms with Crippen molar-refractivity contribution >= 4 is 46.3 Å². The Morgan fingerprint density at radius 2 is 1.84 bits per heavy atom. The van der Waals surface area contributed by atoms with Gasteiger partial charge in [-0.25, -0.2) is 14.4 Å². The van der Waals surface area contributed by atoms with Gasteiger partial charge >= 0.3 is 0 Å². The van der Waals surface area contributed by atoms with Crippen LogP contribution in [0.5, 0.6) is 0 Å². The number of nitrogens with zero attached hydrogens (tertiary/aromatic N) is 2. The second-order valence-electron chi connectivity index (χ2n) is 5.01. The molecule has 1 amide bonds. The van der Waals surface area contributed by atoms with Crippen LogP contribution < -0.4 is 10.6 Å². The van der Waals surface area contributed by atoms with Gasteiger partial charge in [0.05, 0.1) is 17.4 Å². The summed E-state index contributed by atoms with van der Waals surface area (Å²) in [6.45, 7) is 0. The Bertz CT molecular complexity index is 919. The van der Waals surface area contributed by atoms with Gasteiger partial charge in [0, 0.05) is 16.4 Å². The predicted molar refractivity (Wildman–Crippen MR) is 96.1 cm³/mol. The van der Waals surface area contributed by atoms with Crippen molar-refractivity contribution < 1.29 is 9.18 Å². The Balaban J connectivity index is 1.68. The Hall–Kier alpha value is -2.70. The molecule has 0 bridgehead atoms. The van der Waals surface area contributed by atoms with E-state index in [0.717, 1.165) is 5.69 Å². The van der Waals surface area contributed by atoms with E-state index < -0.39 is 11.7 Å². The molecule has 0 aliphatic carbocycles. The molecule has 1 heterocycles. The minimum absolute atomic E-state index is 0.0787. The lowest BCUT2D eigenvalue weighted by molar-refractivity contribution is 0.102. The minimum atomic E-state index is -0.559. The summed E-state index contributed by atoms with van der Waals surface area (Å²) in [5, 5.41) is 6.11. The van der Waals surface area contributed by atoms with Crippen LogP contribution in [0.2, 0.25) is 10.0 Å². The zero-order valence-corrected chi connectivity index (χ0v) is 14.1. The van der Waals surface area contributed by atoms with Crippen molar-refractivity contribution in [2.24, 2.45) is 0 Å². The highest BCUT2D eigenvalue weighted by atomic mass is 35.5. The molecule has 8 heteroatoms. The quantitative estimate of drug-likeness (QED) is 0.678. The molecular formula is C17H11Cl2FN4O. The molecule has 0 saturated heterocycles. The fraction of sp³-hybridized carbons (Fsp3) is 0. The summed E-state index contributed by atoms with van der Waals surface area (Å²) in [5.74, 6) is -0.580. The Kier molecular flexibility index (Phi) is 5.11. The number of nitrogens with one attached hydrogen (secondary N) is 2. The second kappa shape index (κ2) is 7.46. The maximum Gasteiger partial charge on any atom is 0.275 e. The second-order valence-corrected chi connectivity index (χ2v) is 5.85. The number of aromatic nitrogens is 2. The van der Waals surface area contributed by atoms with Gasteiger partial charge in [0.15, 0.2) is 0 Å². The van der Waals surface area contributed by atoms with Gasteiger partial charge < -0.3 is 10.6 Å². The van der Waals surface area contributed by atoms with Crippen LogP contribution in [0.4, 0.5) is 21.6 Å². The molecule has 0 aliphatic heterocycles. The molecule has 0 spiro atoms. The largest absolute Gasteiger partial charge is 0.339 e. The Morgan fingerprint density at radius 1 is 1.00 bits per heavy atom. The lowest BCUT2D eigenvalue weighted by Gasteiger charge is -2.07. The fourth-order valence-corrected chi connectivity index (χ4v) is 2.36. The summed E-state index contributed by atoms with van der Waals surface area (Å²) in [6.07, 6.45) is 2.75. The molecule has 2 aromatic carbocycles. The molecule has 1 aromatic heterocycles. The van der Waals surface area contributed by atoms with Crippen LogP contribution in [0, 0.1) is 5.82 Å². The zero-order chi connectivity index (χ0) is 17.8. The normalized spacial score (nSPS) is 10.4. The summed E-state index contributed by atoms with van der Waals surface area (Å²) in [7, 11) is 0. The lowest BCUT2D eigenvalue weighted by Crippen LogP contribution is -2.14. The molecule has 0 atom stereocenters. The first-order valence-electron chi connectivity index (χ1n) is 7.12. The van der Waals surface area contributed by atoms with Crippen LogP contribution in [-0.2, 0) is 0 Å². The van der Waals surface area contributed by atoms with Gasteiger partial charge in [0.2, 0.25) is 0 Å². The Labute approximate surface area is 152 Å². The van der Waals surface area contributed by atoms with Crippen LogP contribution in [0.3, 0.4) is 0 Å². The molecule has 0 saturated carbocycles. The number of hydrogen-bond acceptors (Lipinski definition) is 4. The topological polar surface area (TPSA) is 66.9 Å². The van der Waals surface area contributed by atoms with E-state index in [1.807, 2.05) is 6.07 Å². The number of carbonyl (C=O) groups excluding carboxylic acids is 1. The molecule has 0 radical (unpaired) electrons. The van der Waals surface area contributed by atoms with E-state index in [9.17, 15) is 9.18 Å². The summed E-state index contributed by atoms with van der Waals surface area (Å²) < 4.78 is 13.1. The van der Waals surface area contributed by atoms with Crippen LogP contribution in [0.25, 0.3) is 0 Å². The molecular weight excluding hydrogens is 366 g/mol. The van der Waals surface area contributed by atoms with Gasteiger partial charge in [-0.3, -0.25) is 4.79 Å². The average molecular weight is 377 g/mol. The monoisotopic (exact) mass is 376 g/mol. The van der Waals surface area contributed by atoms with Gasteiger partial charge in [-0.1, -0.05) is 29.3 Å². The first-order valence-corrected chi connectivity index (χ1v) is 7.88. The van der Waals surface area contributed by atoms with Crippen molar-refractivity contribution in [3.8, 4) is 0 Å². The van der Waals surface area contributed by atoms with Crippen molar-refractivity contribution in [3.63, 3.8) is 0 Å². The van der Waals surface area contributed by atoms with E-state index in [1.54, 1.807) is 18.2 Å². The van der Waals surface area contributed by atoms with Gasteiger partial charge in [0.25, 0.3) is 5.91 Å². The van der Waals surface area contributed by atoms with E-state index in [1.165, 1.54) is 30.6 Å². The van der Waals surface area contributed by atoms with Gasteiger partial charge in [0.1, 0.15) is 17.3 Å².